The lowest BCUT2D eigenvalue weighted by atomic mass is 10.1. The van der Waals surface area contributed by atoms with Crippen LogP contribution in [-0.4, -0.2) is 64.6 Å². The molecule has 3 rings (SSSR count). The second-order valence-electron chi connectivity index (χ2n) is 6.84. The van der Waals surface area contributed by atoms with Crippen LogP contribution in [0.3, 0.4) is 0 Å². The highest BCUT2D eigenvalue weighted by Gasteiger charge is 2.38. The summed E-state index contributed by atoms with van der Waals surface area (Å²) in [5, 5.41) is 11.1. The fourth-order valence-electron chi connectivity index (χ4n) is 2.95. The van der Waals surface area contributed by atoms with Crippen LogP contribution in [0.5, 0.6) is 0 Å². The fourth-order valence-corrected chi connectivity index (χ4v) is 3.44. The van der Waals surface area contributed by atoms with Crippen molar-refractivity contribution in [2.75, 3.05) is 19.3 Å². The number of carboxylic acid groups (broad SMARTS) is 1. The summed E-state index contributed by atoms with van der Waals surface area (Å²) >= 11 is 0. The van der Waals surface area contributed by atoms with Gasteiger partial charge in [-0.15, -0.1) is 0 Å². The van der Waals surface area contributed by atoms with E-state index in [1.54, 1.807) is 6.33 Å². The van der Waals surface area contributed by atoms with Crippen molar-refractivity contribution in [1.82, 2.24) is 24.3 Å². The number of imidazole rings is 1. The molecule has 3 heterocycles. The van der Waals surface area contributed by atoms with Crippen LogP contribution >= 0.6 is 0 Å². The molecule has 0 bridgehead atoms. The zero-order valence-corrected chi connectivity index (χ0v) is 17.3. The van der Waals surface area contributed by atoms with E-state index >= 15 is 0 Å². The maximum absolute atomic E-state index is 11.4. The Kier molecular flexibility index (Phi) is 7.26. The van der Waals surface area contributed by atoms with Crippen molar-refractivity contribution in [2.24, 2.45) is 0 Å². The number of nitrogens with one attached hydrogen (secondary N) is 1. The molecule has 2 aromatic rings. The molecule has 2 N–H and O–H groups in total. The molecular formula is C16H22F3N5O5S. The van der Waals surface area contributed by atoms with Crippen molar-refractivity contribution in [3.05, 3.63) is 35.2 Å². The van der Waals surface area contributed by atoms with Gasteiger partial charge in [-0.25, -0.2) is 22.9 Å². The molecule has 0 saturated heterocycles. The van der Waals surface area contributed by atoms with E-state index in [2.05, 4.69) is 19.8 Å². The molecule has 0 fully saturated rings. The SMILES string of the molecule is Cc1noc(C)c1CN1Cc2cncn2C(CNS(C)(=O)=O)C1.O=C(O)C(F)(F)F. The van der Waals surface area contributed by atoms with Crippen LogP contribution in [0.15, 0.2) is 17.0 Å². The Morgan fingerprint density at radius 1 is 1.40 bits per heavy atom. The lowest BCUT2D eigenvalue weighted by Crippen LogP contribution is -2.41. The van der Waals surface area contributed by atoms with Gasteiger partial charge in [0.2, 0.25) is 10.0 Å². The van der Waals surface area contributed by atoms with E-state index in [9.17, 15) is 21.6 Å². The number of hydrogen-bond donors (Lipinski definition) is 2. The van der Waals surface area contributed by atoms with Gasteiger partial charge in [0.1, 0.15) is 5.76 Å². The number of fused-ring (bicyclic) bond motifs is 1. The summed E-state index contributed by atoms with van der Waals surface area (Å²) in [6.45, 7) is 6.41. The van der Waals surface area contributed by atoms with Crippen LogP contribution in [0.4, 0.5) is 13.2 Å². The molecule has 1 aliphatic heterocycles. The molecule has 14 heteroatoms. The maximum atomic E-state index is 11.4. The van der Waals surface area contributed by atoms with E-state index < -0.39 is 22.2 Å². The van der Waals surface area contributed by atoms with Crippen molar-refractivity contribution in [3.63, 3.8) is 0 Å². The summed E-state index contributed by atoms with van der Waals surface area (Å²) < 4.78 is 64.4. The average molecular weight is 453 g/mol. The van der Waals surface area contributed by atoms with Gasteiger partial charge in [-0.2, -0.15) is 13.2 Å². The second kappa shape index (κ2) is 9.14. The number of halogens is 3. The van der Waals surface area contributed by atoms with E-state index in [1.807, 2.05) is 24.6 Å². The van der Waals surface area contributed by atoms with Crippen molar-refractivity contribution in [3.8, 4) is 0 Å². The summed E-state index contributed by atoms with van der Waals surface area (Å²) in [6, 6.07) is 0.0106. The van der Waals surface area contributed by atoms with Gasteiger partial charge in [-0.3, -0.25) is 4.90 Å². The topological polar surface area (TPSA) is 131 Å². The Morgan fingerprint density at radius 2 is 2.03 bits per heavy atom. The molecule has 0 radical (unpaired) electrons. The molecule has 1 aliphatic rings. The van der Waals surface area contributed by atoms with Crippen molar-refractivity contribution in [2.45, 2.75) is 39.2 Å². The first-order valence-corrected chi connectivity index (χ1v) is 10.6. The Hall–Kier alpha value is -2.45. The smallest absolute Gasteiger partial charge is 0.475 e. The Bertz CT molecular complexity index is 966. The van der Waals surface area contributed by atoms with Crippen LogP contribution in [0.1, 0.15) is 28.8 Å². The van der Waals surface area contributed by atoms with Gasteiger partial charge >= 0.3 is 12.1 Å². The first-order chi connectivity index (χ1) is 13.8. The quantitative estimate of drug-likeness (QED) is 0.691. The lowest BCUT2D eigenvalue weighted by Gasteiger charge is -2.34. The summed E-state index contributed by atoms with van der Waals surface area (Å²) in [5.74, 6) is -1.93. The first-order valence-electron chi connectivity index (χ1n) is 8.67. The number of alkyl halides is 3. The van der Waals surface area contributed by atoms with E-state index in [-0.39, 0.29) is 6.04 Å². The molecule has 168 valence electrons. The predicted octanol–water partition coefficient (Wildman–Crippen LogP) is 1.23. The highest BCUT2D eigenvalue weighted by atomic mass is 32.2. The number of aryl methyl sites for hydroxylation is 2. The number of sulfonamides is 1. The Morgan fingerprint density at radius 3 is 2.53 bits per heavy atom. The number of nitrogens with zero attached hydrogens (tertiary/aromatic N) is 4. The van der Waals surface area contributed by atoms with E-state index in [4.69, 9.17) is 14.4 Å². The number of rotatable bonds is 5. The molecule has 0 spiro atoms. The van der Waals surface area contributed by atoms with Crippen LogP contribution in [0.25, 0.3) is 0 Å². The molecule has 0 aliphatic carbocycles. The highest BCUT2D eigenvalue weighted by molar-refractivity contribution is 7.88. The third kappa shape index (κ3) is 6.53. The Balaban J connectivity index is 0.000000396. The summed E-state index contributed by atoms with van der Waals surface area (Å²) in [5.41, 5.74) is 3.06. The van der Waals surface area contributed by atoms with Gasteiger partial charge in [0.25, 0.3) is 0 Å². The maximum Gasteiger partial charge on any atom is 0.490 e. The van der Waals surface area contributed by atoms with Gasteiger partial charge in [-0.1, -0.05) is 5.16 Å². The normalized spacial score (nSPS) is 17.2. The van der Waals surface area contributed by atoms with Crippen LogP contribution in [0, 0.1) is 13.8 Å². The number of carbonyl (C=O) groups is 1. The fraction of sp³-hybridized carbons (Fsp3) is 0.562. The molecule has 30 heavy (non-hydrogen) atoms. The molecule has 0 amide bonds. The van der Waals surface area contributed by atoms with Crippen LogP contribution in [0.2, 0.25) is 0 Å². The first kappa shape index (κ1) is 23.8. The number of aromatic nitrogens is 3. The standard InChI is InChI=1S/C14H21N5O3S.C2HF3O2/c1-10-14(11(2)22-17-10)8-18-6-12-4-15-9-19(12)13(7-18)5-16-23(3,20)21;3-2(4,5)1(6)7/h4,9,13,16H,5-8H2,1-3H3;(H,6,7). The van der Waals surface area contributed by atoms with Crippen LogP contribution in [-0.2, 0) is 27.9 Å². The van der Waals surface area contributed by atoms with Crippen molar-refractivity contribution >= 4 is 16.0 Å². The Labute approximate surface area is 170 Å². The minimum Gasteiger partial charge on any atom is -0.475 e. The zero-order valence-electron chi connectivity index (χ0n) is 16.5. The minimum absolute atomic E-state index is 0.0106. The largest absolute Gasteiger partial charge is 0.490 e. The number of aliphatic carboxylic acids is 1. The summed E-state index contributed by atoms with van der Waals surface area (Å²) in [7, 11) is -3.22. The summed E-state index contributed by atoms with van der Waals surface area (Å²) in [6.07, 6.45) is -0.323. The molecular weight excluding hydrogens is 431 g/mol. The minimum atomic E-state index is -5.08. The van der Waals surface area contributed by atoms with Gasteiger partial charge in [-0.05, 0) is 13.8 Å². The van der Waals surface area contributed by atoms with E-state index in [0.717, 1.165) is 42.3 Å². The van der Waals surface area contributed by atoms with Gasteiger partial charge in [0.15, 0.2) is 0 Å². The molecule has 2 aromatic heterocycles. The predicted molar refractivity (Wildman–Crippen MR) is 97.9 cm³/mol. The van der Waals surface area contributed by atoms with Gasteiger partial charge < -0.3 is 14.2 Å². The van der Waals surface area contributed by atoms with E-state index in [0.29, 0.717) is 6.54 Å². The van der Waals surface area contributed by atoms with Gasteiger partial charge in [0.05, 0.1) is 30.0 Å². The molecule has 0 aromatic carbocycles. The second-order valence-corrected chi connectivity index (χ2v) is 8.67. The molecule has 0 saturated carbocycles. The third-order valence-corrected chi connectivity index (χ3v) is 5.07. The summed E-state index contributed by atoms with van der Waals surface area (Å²) in [4.78, 5) is 15.4. The third-order valence-electron chi connectivity index (χ3n) is 4.38. The lowest BCUT2D eigenvalue weighted by molar-refractivity contribution is -0.192. The van der Waals surface area contributed by atoms with Crippen LogP contribution < -0.4 is 4.72 Å². The highest BCUT2D eigenvalue weighted by Crippen LogP contribution is 2.24. The number of hydrogen-bond acceptors (Lipinski definition) is 7. The van der Waals surface area contributed by atoms with E-state index in [1.165, 1.54) is 6.26 Å². The average Bonchev–Trinajstić information content (AvgIpc) is 3.20. The van der Waals surface area contributed by atoms with Crippen molar-refractivity contribution in [1.29, 1.82) is 0 Å². The van der Waals surface area contributed by atoms with Gasteiger partial charge in [0, 0.05) is 37.9 Å². The van der Waals surface area contributed by atoms with Crippen molar-refractivity contribution < 1.29 is 36.0 Å². The number of carboxylic acids is 1. The monoisotopic (exact) mass is 453 g/mol. The molecule has 10 nitrogen and oxygen atoms in total. The molecule has 1 atom stereocenters. The zero-order chi connectivity index (χ0) is 22.7. The molecule has 1 unspecified atom stereocenters.